The summed E-state index contributed by atoms with van der Waals surface area (Å²) >= 11 is 0. The van der Waals surface area contributed by atoms with E-state index in [1.54, 1.807) is 0 Å². The van der Waals surface area contributed by atoms with Crippen LogP contribution in [0.5, 0.6) is 0 Å². The number of aliphatic hydroxyl groups excluding tert-OH is 3. The third kappa shape index (κ3) is 3.30. The summed E-state index contributed by atoms with van der Waals surface area (Å²) in [5, 5.41) is 32.0. The predicted octanol–water partition coefficient (Wildman–Crippen LogP) is -0.178. The van der Waals surface area contributed by atoms with E-state index in [1.165, 1.54) is 6.92 Å². The second-order valence-corrected chi connectivity index (χ2v) is 6.05. The summed E-state index contributed by atoms with van der Waals surface area (Å²) in [6, 6.07) is -1.41. The van der Waals surface area contributed by atoms with Gasteiger partial charge in [-0.25, -0.2) is 4.79 Å². The van der Waals surface area contributed by atoms with Gasteiger partial charge in [0, 0.05) is 0 Å². The highest BCUT2D eigenvalue weighted by molar-refractivity contribution is 5.89. The molecule has 2 rings (SSSR count). The highest BCUT2D eigenvalue weighted by atomic mass is 16.7. The first-order valence-electron chi connectivity index (χ1n) is 7.88. The van der Waals surface area contributed by atoms with E-state index in [0.29, 0.717) is 12.2 Å². The number of rotatable bonds is 5. The summed E-state index contributed by atoms with van der Waals surface area (Å²) in [5.41, 5.74) is 0.241. The van der Waals surface area contributed by atoms with Gasteiger partial charge in [-0.3, -0.25) is 0 Å². The van der Waals surface area contributed by atoms with Crippen LogP contribution in [0.1, 0.15) is 27.2 Å². The number of carbonyl (C=O) groups excluding carboxylic acids is 1. The molecule has 2 heterocycles. The maximum absolute atomic E-state index is 11.9. The molecular weight excluding hydrogens is 322 g/mol. The van der Waals surface area contributed by atoms with Crippen LogP contribution in [0.25, 0.3) is 0 Å². The fraction of sp³-hybridized carbons (Fsp3) is 0.800. The number of nitroso groups, excluding NO2 is 1. The zero-order chi connectivity index (χ0) is 18.0. The number of ether oxygens (including phenoxy) is 3. The molecule has 0 radical (unpaired) electrons. The van der Waals surface area contributed by atoms with E-state index in [4.69, 9.17) is 14.2 Å². The van der Waals surface area contributed by atoms with Crippen molar-refractivity contribution in [2.24, 2.45) is 11.1 Å². The second-order valence-electron chi connectivity index (χ2n) is 6.05. The lowest BCUT2D eigenvalue weighted by atomic mass is 9.93. The molecule has 7 atom stereocenters. The van der Waals surface area contributed by atoms with Crippen molar-refractivity contribution >= 4 is 5.97 Å². The van der Waals surface area contributed by atoms with Crippen LogP contribution < -0.4 is 0 Å². The van der Waals surface area contributed by atoms with Gasteiger partial charge in [0.15, 0.2) is 6.04 Å². The Morgan fingerprint density at radius 2 is 1.92 bits per heavy atom. The predicted molar refractivity (Wildman–Crippen MR) is 80.5 cm³/mol. The number of cyclic esters (lactones) is 1. The molecule has 0 aromatic heterocycles. The molecule has 0 amide bonds. The quantitative estimate of drug-likeness (QED) is 0.461. The van der Waals surface area contributed by atoms with Crippen LogP contribution in [0.15, 0.2) is 16.5 Å². The fourth-order valence-electron chi connectivity index (χ4n) is 2.99. The molecule has 2 aliphatic heterocycles. The third-order valence-electron chi connectivity index (χ3n) is 4.52. The summed E-state index contributed by atoms with van der Waals surface area (Å²) in [6.45, 7) is 4.63. The molecule has 136 valence electrons. The lowest BCUT2D eigenvalue weighted by molar-refractivity contribution is -0.268. The van der Waals surface area contributed by atoms with Gasteiger partial charge >= 0.3 is 5.97 Å². The first-order valence-corrected chi connectivity index (χ1v) is 7.88. The molecule has 0 spiro atoms. The summed E-state index contributed by atoms with van der Waals surface area (Å²) in [4.78, 5) is 22.8. The molecule has 24 heavy (non-hydrogen) atoms. The molecule has 2 aliphatic rings. The van der Waals surface area contributed by atoms with Crippen LogP contribution in [0.2, 0.25) is 0 Å². The van der Waals surface area contributed by atoms with Crippen LogP contribution in [0, 0.1) is 10.8 Å². The van der Waals surface area contributed by atoms with Crippen LogP contribution in [0.3, 0.4) is 0 Å². The van der Waals surface area contributed by atoms with E-state index >= 15 is 0 Å². The smallest absolute Gasteiger partial charge is 0.337 e. The van der Waals surface area contributed by atoms with Gasteiger partial charge in [-0.1, -0.05) is 19.0 Å². The molecule has 3 N–H and O–H groups in total. The Kier molecular flexibility index (Phi) is 5.92. The molecule has 0 aromatic carbocycles. The maximum Gasteiger partial charge on any atom is 0.337 e. The number of hydrogen-bond acceptors (Lipinski definition) is 9. The van der Waals surface area contributed by atoms with Gasteiger partial charge < -0.3 is 29.5 Å². The standard InChI is InChI=1S/C15H23NO8/c1-4-8-6(2)13(7(3)14(20)22-8)24-15-12(19)10(16-21)11(18)9(5-17)23-15/h6,8-12,15,17-19H,4-5H2,1-3H3. The number of esters is 1. The lowest BCUT2D eigenvalue weighted by Gasteiger charge is -2.41. The normalized spacial score (nSPS) is 40.2. The Morgan fingerprint density at radius 1 is 1.25 bits per heavy atom. The van der Waals surface area contributed by atoms with Gasteiger partial charge in [-0.2, -0.15) is 4.91 Å². The first-order chi connectivity index (χ1) is 11.3. The molecule has 1 saturated heterocycles. The molecule has 0 bridgehead atoms. The topological polar surface area (TPSA) is 135 Å². The van der Waals surface area contributed by atoms with Crippen molar-refractivity contribution in [3.05, 3.63) is 16.2 Å². The van der Waals surface area contributed by atoms with Crippen LogP contribution in [-0.2, 0) is 19.0 Å². The molecule has 9 nitrogen and oxygen atoms in total. The van der Waals surface area contributed by atoms with Crippen molar-refractivity contribution in [2.75, 3.05) is 6.61 Å². The Morgan fingerprint density at radius 3 is 2.46 bits per heavy atom. The summed E-state index contributed by atoms with van der Waals surface area (Å²) in [7, 11) is 0. The monoisotopic (exact) mass is 345 g/mol. The largest absolute Gasteiger partial charge is 0.465 e. The number of hydrogen-bond donors (Lipinski definition) is 3. The summed E-state index contributed by atoms with van der Waals surface area (Å²) < 4.78 is 16.3. The molecular formula is C15H23NO8. The van der Waals surface area contributed by atoms with Gasteiger partial charge in [0.25, 0.3) is 0 Å². The van der Waals surface area contributed by atoms with Gasteiger partial charge in [0.1, 0.15) is 30.2 Å². The fourth-order valence-corrected chi connectivity index (χ4v) is 2.99. The zero-order valence-corrected chi connectivity index (χ0v) is 13.8. The van der Waals surface area contributed by atoms with Crippen LogP contribution >= 0.6 is 0 Å². The number of aliphatic hydroxyl groups is 3. The molecule has 0 saturated carbocycles. The Balaban J connectivity index is 2.25. The van der Waals surface area contributed by atoms with Crippen molar-refractivity contribution in [3.8, 4) is 0 Å². The highest BCUT2D eigenvalue weighted by Gasteiger charge is 2.48. The third-order valence-corrected chi connectivity index (χ3v) is 4.52. The number of carbonyl (C=O) groups is 1. The van der Waals surface area contributed by atoms with E-state index in [9.17, 15) is 25.0 Å². The average Bonchev–Trinajstić information content (AvgIpc) is 2.57. The molecule has 0 aromatic rings. The average molecular weight is 345 g/mol. The van der Waals surface area contributed by atoms with E-state index in [0.717, 1.165) is 0 Å². The second kappa shape index (κ2) is 7.56. The molecule has 7 unspecified atom stereocenters. The van der Waals surface area contributed by atoms with Crippen molar-refractivity contribution in [2.45, 2.75) is 63.9 Å². The van der Waals surface area contributed by atoms with E-state index < -0.39 is 43.2 Å². The maximum atomic E-state index is 11.9. The van der Waals surface area contributed by atoms with E-state index in [2.05, 4.69) is 5.18 Å². The van der Waals surface area contributed by atoms with Crippen LogP contribution in [0.4, 0.5) is 0 Å². The van der Waals surface area contributed by atoms with E-state index in [-0.39, 0.29) is 17.6 Å². The highest BCUT2D eigenvalue weighted by Crippen LogP contribution is 2.34. The minimum Gasteiger partial charge on any atom is -0.465 e. The van der Waals surface area contributed by atoms with Crippen molar-refractivity contribution < 1.29 is 34.3 Å². The molecule has 9 heteroatoms. The van der Waals surface area contributed by atoms with E-state index in [1.807, 2.05) is 13.8 Å². The Labute approximate surface area is 139 Å². The lowest BCUT2D eigenvalue weighted by Crippen LogP contribution is -2.58. The minimum absolute atomic E-state index is 0.241. The van der Waals surface area contributed by atoms with Crippen molar-refractivity contribution in [1.29, 1.82) is 0 Å². The Hall–Kier alpha value is -1.55. The van der Waals surface area contributed by atoms with Crippen molar-refractivity contribution in [1.82, 2.24) is 0 Å². The Bertz CT molecular complexity index is 522. The SMILES string of the molecule is CCC1OC(=O)C(C)=C(OC2OC(CO)C(O)C(N=O)C2O)C1C. The first kappa shape index (κ1) is 18.8. The van der Waals surface area contributed by atoms with Gasteiger partial charge in [0.2, 0.25) is 6.29 Å². The van der Waals surface area contributed by atoms with Gasteiger partial charge in [0.05, 0.1) is 18.1 Å². The van der Waals surface area contributed by atoms with Gasteiger partial charge in [-0.05, 0) is 13.3 Å². The van der Waals surface area contributed by atoms with Gasteiger partial charge in [-0.15, -0.1) is 0 Å². The number of nitrogens with zero attached hydrogens (tertiary/aromatic N) is 1. The summed E-state index contributed by atoms with van der Waals surface area (Å²) in [6.07, 6.45) is -5.26. The molecule has 0 aliphatic carbocycles. The molecule has 1 fully saturated rings. The van der Waals surface area contributed by atoms with Crippen LogP contribution in [-0.4, -0.2) is 64.6 Å². The summed E-state index contributed by atoms with van der Waals surface area (Å²) in [5.74, 6) is -0.505. The zero-order valence-electron chi connectivity index (χ0n) is 13.8. The van der Waals surface area contributed by atoms with Crippen molar-refractivity contribution in [3.63, 3.8) is 0 Å². The minimum atomic E-state index is -1.54.